The van der Waals surface area contributed by atoms with Gasteiger partial charge < -0.3 is 31.1 Å². The summed E-state index contributed by atoms with van der Waals surface area (Å²) in [5, 5.41) is 23.4. The maximum absolute atomic E-state index is 13.9. The maximum atomic E-state index is 13.9. The average molecular weight is 685 g/mol. The second-order valence-corrected chi connectivity index (χ2v) is 15.5. The first-order chi connectivity index (χ1) is 23.3. The number of carbonyl (C=O) groups is 4. The Labute approximate surface area is 294 Å². The van der Waals surface area contributed by atoms with Gasteiger partial charge in [0.15, 0.2) is 0 Å². The lowest BCUT2D eigenvalue weighted by Crippen LogP contribution is -2.57. The predicted octanol–water partition coefficient (Wildman–Crippen LogP) is 6.09. The number of rotatable bonds is 17. The van der Waals surface area contributed by atoms with Crippen LogP contribution >= 0.6 is 0 Å². The molecular formula is C39H64N4O6. The zero-order valence-corrected chi connectivity index (χ0v) is 30.7. The largest absolute Gasteiger partial charge is 0.444 e. The van der Waals surface area contributed by atoms with Crippen molar-refractivity contribution in [3.05, 3.63) is 35.9 Å². The number of hydrogen-bond donors (Lipinski definition) is 5. The van der Waals surface area contributed by atoms with Crippen molar-refractivity contribution >= 4 is 23.8 Å². The van der Waals surface area contributed by atoms with Crippen molar-refractivity contribution in [3.63, 3.8) is 0 Å². The molecule has 1 aromatic rings. The molecule has 3 rings (SSSR count). The number of aliphatic hydroxyl groups is 1. The molecule has 4 amide bonds. The number of aliphatic hydroxyl groups excluding tert-OH is 1. The highest BCUT2D eigenvalue weighted by molar-refractivity contribution is 5.91. The minimum absolute atomic E-state index is 0.0520. The molecule has 0 spiro atoms. The van der Waals surface area contributed by atoms with Crippen molar-refractivity contribution in [2.75, 3.05) is 0 Å². The lowest BCUT2D eigenvalue weighted by molar-refractivity contribution is -0.131. The molecule has 0 saturated heterocycles. The van der Waals surface area contributed by atoms with Gasteiger partial charge in [0.25, 0.3) is 0 Å². The summed E-state index contributed by atoms with van der Waals surface area (Å²) in [6.07, 6.45) is 12.1. The molecule has 0 aliphatic heterocycles. The highest BCUT2D eigenvalue weighted by atomic mass is 16.6. The molecule has 0 radical (unpaired) electrons. The van der Waals surface area contributed by atoms with Crippen LogP contribution in [0, 0.1) is 11.8 Å². The molecular weight excluding hydrogens is 620 g/mol. The molecule has 5 N–H and O–H groups in total. The number of alkyl carbamates (subject to hydrolysis) is 1. The van der Waals surface area contributed by atoms with Crippen molar-refractivity contribution in [2.24, 2.45) is 11.8 Å². The Morgan fingerprint density at radius 3 is 2.02 bits per heavy atom. The lowest BCUT2D eigenvalue weighted by atomic mass is 9.82. The average Bonchev–Trinajstić information content (AvgIpc) is 3.06. The fourth-order valence-corrected chi connectivity index (χ4v) is 7.11. The Morgan fingerprint density at radius 2 is 1.41 bits per heavy atom. The Morgan fingerprint density at radius 1 is 0.816 bits per heavy atom. The van der Waals surface area contributed by atoms with Crippen LogP contribution in [0.4, 0.5) is 4.79 Å². The molecule has 49 heavy (non-hydrogen) atoms. The molecule has 2 aliphatic rings. The fraction of sp³-hybridized carbons (Fsp3) is 0.744. The molecule has 0 bridgehead atoms. The van der Waals surface area contributed by atoms with Gasteiger partial charge in [-0.2, -0.15) is 0 Å². The van der Waals surface area contributed by atoms with E-state index in [1.54, 1.807) is 20.8 Å². The van der Waals surface area contributed by atoms with Crippen LogP contribution in [0.25, 0.3) is 0 Å². The fourth-order valence-electron chi connectivity index (χ4n) is 7.11. The molecule has 5 atom stereocenters. The Balaban J connectivity index is 1.70. The zero-order chi connectivity index (χ0) is 35.8. The smallest absolute Gasteiger partial charge is 0.408 e. The van der Waals surface area contributed by atoms with E-state index in [-0.39, 0.29) is 24.3 Å². The molecule has 1 aromatic carbocycles. The van der Waals surface area contributed by atoms with Gasteiger partial charge in [0, 0.05) is 12.0 Å². The number of aryl methyl sites for hydroxylation is 1. The minimum Gasteiger partial charge on any atom is -0.444 e. The van der Waals surface area contributed by atoms with E-state index in [1.165, 1.54) is 12.8 Å². The number of hydrogen-bond acceptors (Lipinski definition) is 6. The number of benzene rings is 1. The van der Waals surface area contributed by atoms with Crippen molar-refractivity contribution in [1.29, 1.82) is 0 Å². The Bertz CT molecular complexity index is 1160. The van der Waals surface area contributed by atoms with Crippen LogP contribution in [-0.4, -0.2) is 64.8 Å². The zero-order valence-electron chi connectivity index (χ0n) is 30.7. The first kappa shape index (κ1) is 40.3. The quantitative estimate of drug-likeness (QED) is 0.134. The number of ether oxygens (including phenoxy) is 1. The van der Waals surface area contributed by atoms with Crippen LogP contribution in [0.15, 0.2) is 30.3 Å². The summed E-state index contributed by atoms with van der Waals surface area (Å²) in [6.45, 7) is 9.06. The van der Waals surface area contributed by atoms with Gasteiger partial charge in [-0.3, -0.25) is 14.4 Å². The van der Waals surface area contributed by atoms with Crippen molar-refractivity contribution in [3.8, 4) is 0 Å². The van der Waals surface area contributed by atoms with E-state index in [9.17, 15) is 24.3 Å². The van der Waals surface area contributed by atoms with Crippen molar-refractivity contribution in [1.82, 2.24) is 21.3 Å². The van der Waals surface area contributed by atoms with Gasteiger partial charge in [-0.25, -0.2) is 4.79 Å². The van der Waals surface area contributed by atoms with E-state index in [2.05, 4.69) is 21.3 Å². The molecule has 2 aliphatic carbocycles. The van der Waals surface area contributed by atoms with Gasteiger partial charge in [0.05, 0.1) is 12.1 Å². The number of nitrogens with one attached hydrogen (secondary N) is 4. The topological polar surface area (TPSA) is 146 Å². The molecule has 0 heterocycles. The van der Waals surface area contributed by atoms with Gasteiger partial charge in [-0.1, -0.05) is 102 Å². The monoisotopic (exact) mass is 684 g/mol. The third-order valence-corrected chi connectivity index (χ3v) is 9.88. The Kier molecular flexibility index (Phi) is 16.9. The van der Waals surface area contributed by atoms with Crippen LogP contribution in [0.1, 0.15) is 136 Å². The van der Waals surface area contributed by atoms with Crippen LogP contribution in [0.5, 0.6) is 0 Å². The standard InChI is InChI=1S/C39H64N4O6/c1-6-16-31(41-37(47)32(43-38(48)49-39(3,4)5)24-23-28-17-10-7-11-18-28)36(46)42-33(26-29-19-12-8-13-20-29)34(44)25-27(2)35(45)40-30-21-14-9-15-22-30/h7,10-11,17-18,27,29-34,44H,6,8-9,12-16,19-26H2,1-5H3,(H,40,45)(H,41,47)(H,42,46)(H,43,48)/t27-,31+,32+,33+,34+/m1/s1. The third kappa shape index (κ3) is 15.1. The summed E-state index contributed by atoms with van der Waals surface area (Å²) in [7, 11) is 0. The summed E-state index contributed by atoms with van der Waals surface area (Å²) in [4.78, 5) is 53.4. The summed E-state index contributed by atoms with van der Waals surface area (Å²) < 4.78 is 5.45. The SMILES string of the molecule is CCC[C@H](NC(=O)[C@H](CCc1ccccc1)NC(=O)OC(C)(C)C)C(=O)N[C@@H](CC1CCCCC1)[C@@H](O)C[C@@H](C)C(=O)NC1CCCCC1. The lowest BCUT2D eigenvalue weighted by Gasteiger charge is -2.33. The van der Waals surface area contributed by atoms with E-state index in [0.717, 1.165) is 56.9 Å². The summed E-state index contributed by atoms with van der Waals surface area (Å²) in [5.74, 6) is -0.914. The van der Waals surface area contributed by atoms with E-state index in [1.807, 2.05) is 44.2 Å². The van der Waals surface area contributed by atoms with E-state index >= 15 is 0 Å². The molecule has 0 unspecified atom stereocenters. The van der Waals surface area contributed by atoms with E-state index in [4.69, 9.17) is 4.74 Å². The van der Waals surface area contributed by atoms with Gasteiger partial charge in [-0.15, -0.1) is 0 Å². The molecule has 0 aromatic heterocycles. The van der Waals surface area contributed by atoms with E-state index in [0.29, 0.717) is 38.0 Å². The second-order valence-electron chi connectivity index (χ2n) is 15.5. The molecule has 2 saturated carbocycles. The predicted molar refractivity (Wildman–Crippen MR) is 193 cm³/mol. The van der Waals surface area contributed by atoms with Gasteiger partial charge in [0.1, 0.15) is 17.7 Å². The normalized spacial score (nSPS) is 19.1. The molecule has 276 valence electrons. The first-order valence-electron chi connectivity index (χ1n) is 19.0. The number of carbonyl (C=O) groups excluding carboxylic acids is 4. The highest BCUT2D eigenvalue weighted by Gasteiger charge is 2.33. The summed E-state index contributed by atoms with van der Waals surface area (Å²) in [6, 6.07) is 7.57. The summed E-state index contributed by atoms with van der Waals surface area (Å²) >= 11 is 0. The summed E-state index contributed by atoms with van der Waals surface area (Å²) in [5.41, 5.74) is 0.285. The first-order valence-corrected chi connectivity index (χ1v) is 19.0. The second kappa shape index (κ2) is 20.5. The third-order valence-electron chi connectivity index (χ3n) is 9.88. The maximum Gasteiger partial charge on any atom is 0.408 e. The van der Waals surface area contributed by atoms with Crippen LogP contribution in [0.2, 0.25) is 0 Å². The van der Waals surface area contributed by atoms with Crippen LogP contribution in [-0.2, 0) is 25.5 Å². The Hall–Kier alpha value is -3.14. The van der Waals surface area contributed by atoms with Crippen molar-refractivity contribution in [2.45, 2.75) is 173 Å². The van der Waals surface area contributed by atoms with Gasteiger partial charge >= 0.3 is 6.09 Å². The molecule has 10 heteroatoms. The molecule has 2 fully saturated rings. The van der Waals surface area contributed by atoms with Crippen molar-refractivity contribution < 1.29 is 29.0 Å². The van der Waals surface area contributed by atoms with Crippen LogP contribution < -0.4 is 21.3 Å². The highest BCUT2D eigenvalue weighted by Crippen LogP contribution is 2.29. The van der Waals surface area contributed by atoms with Crippen LogP contribution in [0.3, 0.4) is 0 Å². The number of amides is 4. The van der Waals surface area contributed by atoms with Gasteiger partial charge in [-0.05, 0) is 77.2 Å². The minimum atomic E-state index is -0.922. The van der Waals surface area contributed by atoms with E-state index < -0.39 is 47.7 Å². The van der Waals surface area contributed by atoms with Gasteiger partial charge in [0.2, 0.25) is 17.7 Å². The molecule has 10 nitrogen and oxygen atoms in total.